The first-order valence-electron chi connectivity index (χ1n) is 11.5. The second-order valence-electron chi connectivity index (χ2n) is 9.29. The maximum atomic E-state index is 13.1. The van der Waals surface area contributed by atoms with E-state index in [1.165, 1.54) is 4.88 Å². The van der Waals surface area contributed by atoms with Crippen molar-refractivity contribution in [3.05, 3.63) is 58.3 Å². The van der Waals surface area contributed by atoms with Crippen molar-refractivity contribution >= 4 is 28.9 Å². The first-order chi connectivity index (χ1) is 15.6. The molecule has 2 aromatic rings. The summed E-state index contributed by atoms with van der Waals surface area (Å²) in [7, 11) is 0. The number of benzene rings is 1. The number of likely N-dealkylation sites (tertiary alicyclic amines) is 1. The lowest BCUT2D eigenvalue weighted by atomic mass is 9.90. The Kier molecular flexibility index (Phi) is 5.86. The van der Waals surface area contributed by atoms with E-state index in [2.05, 4.69) is 22.4 Å². The average Bonchev–Trinajstić information content (AvgIpc) is 3.27. The molecule has 5 rings (SSSR count). The summed E-state index contributed by atoms with van der Waals surface area (Å²) in [6.07, 6.45) is 2.56. The van der Waals surface area contributed by atoms with Gasteiger partial charge in [0.2, 0.25) is 11.7 Å². The molecule has 3 fully saturated rings. The summed E-state index contributed by atoms with van der Waals surface area (Å²) < 4.78 is 0. The Labute approximate surface area is 192 Å². The molecule has 1 spiro atoms. The van der Waals surface area contributed by atoms with Crippen molar-refractivity contribution < 1.29 is 14.4 Å². The van der Waals surface area contributed by atoms with Crippen LogP contribution < -0.4 is 0 Å². The zero-order valence-electron chi connectivity index (χ0n) is 18.2. The highest BCUT2D eigenvalue weighted by molar-refractivity contribution is 7.09. The van der Waals surface area contributed by atoms with Crippen LogP contribution in [0.25, 0.3) is 0 Å². The van der Waals surface area contributed by atoms with E-state index < -0.39 is 11.7 Å². The molecule has 6 nitrogen and oxygen atoms in total. The number of hydrogen-bond donors (Lipinski definition) is 0. The van der Waals surface area contributed by atoms with E-state index in [0.29, 0.717) is 24.6 Å². The number of nitrogens with zero attached hydrogens (tertiary/aromatic N) is 3. The van der Waals surface area contributed by atoms with E-state index in [4.69, 9.17) is 0 Å². The van der Waals surface area contributed by atoms with Crippen molar-refractivity contribution in [3.8, 4) is 0 Å². The topological polar surface area (TPSA) is 60.9 Å². The molecule has 1 aromatic carbocycles. The van der Waals surface area contributed by atoms with E-state index >= 15 is 0 Å². The number of carbonyl (C=O) groups is 3. The predicted molar refractivity (Wildman–Crippen MR) is 123 cm³/mol. The third-order valence-electron chi connectivity index (χ3n) is 7.41. The van der Waals surface area contributed by atoms with Gasteiger partial charge in [0.15, 0.2) is 0 Å². The van der Waals surface area contributed by atoms with Crippen LogP contribution in [0.15, 0.2) is 47.8 Å². The number of rotatable bonds is 5. The molecule has 3 aliphatic rings. The summed E-state index contributed by atoms with van der Waals surface area (Å²) in [6, 6.07) is 13.0. The van der Waals surface area contributed by atoms with Crippen molar-refractivity contribution in [2.75, 3.05) is 39.3 Å². The van der Waals surface area contributed by atoms with Gasteiger partial charge in [0.1, 0.15) is 0 Å². The highest BCUT2D eigenvalue weighted by Crippen LogP contribution is 2.60. The van der Waals surface area contributed by atoms with Crippen LogP contribution in [0.1, 0.15) is 34.5 Å². The zero-order chi connectivity index (χ0) is 22.1. The zero-order valence-corrected chi connectivity index (χ0v) is 19.1. The van der Waals surface area contributed by atoms with Crippen LogP contribution in [0.3, 0.4) is 0 Å². The first-order valence-corrected chi connectivity index (χ1v) is 12.4. The Balaban J connectivity index is 1.10. The van der Waals surface area contributed by atoms with Crippen LogP contribution in [0.4, 0.5) is 0 Å². The number of hydrogen-bond acceptors (Lipinski definition) is 5. The van der Waals surface area contributed by atoms with Gasteiger partial charge in [0, 0.05) is 62.2 Å². The molecule has 168 valence electrons. The van der Waals surface area contributed by atoms with Crippen molar-refractivity contribution in [1.82, 2.24) is 14.7 Å². The molecule has 0 radical (unpaired) electrons. The number of thiophene rings is 1. The summed E-state index contributed by atoms with van der Waals surface area (Å²) in [5, 5.41) is 2.11. The lowest BCUT2D eigenvalue weighted by Gasteiger charge is -2.36. The maximum Gasteiger partial charge on any atom is 0.294 e. The van der Waals surface area contributed by atoms with Gasteiger partial charge in [-0.1, -0.05) is 36.4 Å². The van der Waals surface area contributed by atoms with Crippen molar-refractivity contribution in [2.24, 2.45) is 11.3 Å². The van der Waals surface area contributed by atoms with Gasteiger partial charge in [0.05, 0.1) is 0 Å². The third kappa shape index (κ3) is 4.24. The Morgan fingerprint density at radius 3 is 2.25 bits per heavy atom. The van der Waals surface area contributed by atoms with Gasteiger partial charge >= 0.3 is 0 Å². The van der Waals surface area contributed by atoms with E-state index in [-0.39, 0.29) is 11.3 Å². The monoisotopic (exact) mass is 451 g/mol. The molecule has 0 bridgehead atoms. The second-order valence-corrected chi connectivity index (χ2v) is 10.3. The van der Waals surface area contributed by atoms with Crippen molar-refractivity contribution in [1.29, 1.82) is 0 Å². The fourth-order valence-corrected chi connectivity index (χ4v) is 5.98. The third-order valence-corrected chi connectivity index (χ3v) is 8.27. The highest BCUT2D eigenvalue weighted by Gasteiger charge is 2.59. The fraction of sp³-hybridized carbons (Fsp3) is 0.480. The molecule has 0 N–H and O–H groups in total. The van der Waals surface area contributed by atoms with Gasteiger partial charge in [0.25, 0.3) is 5.91 Å². The summed E-state index contributed by atoms with van der Waals surface area (Å²) in [4.78, 5) is 45.8. The lowest BCUT2D eigenvalue weighted by Crippen LogP contribution is -2.49. The minimum absolute atomic E-state index is 0.0394. The molecule has 2 amide bonds. The quantitative estimate of drug-likeness (QED) is 0.518. The summed E-state index contributed by atoms with van der Waals surface area (Å²) in [6.45, 7) is 5.55. The SMILES string of the molecule is O=C(C(=O)N1CCC2(CC1)C[C@@H]2C(=O)N1CCN(Cc2cccs2)CC1)c1ccccc1. The Hall–Kier alpha value is -2.51. The smallest absolute Gasteiger partial charge is 0.294 e. The van der Waals surface area contributed by atoms with Gasteiger partial charge in [-0.2, -0.15) is 0 Å². The molecule has 2 saturated heterocycles. The van der Waals surface area contributed by atoms with E-state index in [9.17, 15) is 14.4 Å². The van der Waals surface area contributed by atoms with Crippen LogP contribution >= 0.6 is 11.3 Å². The fourth-order valence-electron chi connectivity index (χ4n) is 5.23. The van der Waals surface area contributed by atoms with Gasteiger partial charge in [-0.05, 0) is 36.1 Å². The van der Waals surface area contributed by atoms with Crippen molar-refractivity contribution in [2.45, 2.75) is 25.8 Å². The van der Waals surface area contributed by atoms with Gasteiger partial charge in [-0.3, -0.25) is 19.3 Å². The Bertz CT molecular complexity index is 975. The van der Waals surface area contributed by atoms with Crippen molar-refractivity contribution in [3.63, 3.8) is 0 Å². The predicted octanol–water partition coefficient (Wildman–Crippen LogP) is 2.90. The highest BCUT2D eigenvalue weighted by atomic mass is 32.1. The Morgan fingerprint density at radius 2 is 1.59 bits per heavy atom. The average molecular weight is 452 g/mol. The normalized spacial score (nSPS) is 22.7. The number of carbonyl (C=O) groups excluding carboxylic acids is 3. The molecular formula is C25H29N3O3S. The van der Waals surface area contributed by atoms with Gasteiger partial charge in [-0.25, -0.2) is 0 Å². The molecule has 0 unspecified atom stereocenters. The largest absolute Gasteiger partial charge is 0.340 e. The minimum Gasteiger partial charge on any atom is -0.340 e. The lowest BCUT2D eigenvalue weighted by molar-refractivity contribution is -0.135. The maximum absolute atomic E-state index is 13.1. The molecule has 7 heteroatoms. The van der Waals surface area contributed by atoms with Crippen LogP contribution in [0.2, 0.25) is 0 Å². The number of amides is 2. The summed E-state index contributed by atoms with van der Waals surface area (Å²) >= 11 is 1.78. The molecule has 1 saturated carbocycles. The number of piperidine rings is 1. The van der Waals surface area contributed by atoms with Gasteiger partial charge < -0.3 is 9.80 Å². The first kappa shape index (κ1) is 21.3. The molecule has 1 aromatic heterocycles. The minimum atomic E-state index is -0.439. The molecule has 32 heavy (non-hydrogen) atoms. The molecule has 3 heterocycles. The van der Waals surface area contributed by atoms with E-state index in [1.54, 1.807) is 40.5 Å². The number of piperazine rings is 1. The van der Waals surface area contributed by atoms with E-state index in [1.807, 2.05) is 11.0 Å². The summed E-state index contributed by atoms with van der Waals surface area (Å²) in [5.41, 5.74) is 0.480. The standard InChI is InChI=1S/C25H29N3O3S/c29-22(19-5-2-1-3-6-19)24(31)27-10-8-25(9-11-27)17-21(25)23(30)28-14-12-26(13-15-28)18-20-7-4-16-32-20/h1-7,16,21H,8-15,17-18H2/t21-/m1/s1. The molecule has 1 atom stereocenters. The van der Waals surface area contributed by atoms with Crippen LogP contribution in [0.5, 0.6) is 0 Å². The molecular weight excluding hydrogens is 422 g/mol. The Morgan fingerprint density at radius 1 is 0.875 bits per heavy atom. The molecule has 2 aliphatic heterocycles. The number of ketones is 1. The number of Topliss-reactive ketones (excluding diaryl/α,β-unsaturated/α-hetero) is 1. The van der Waals surface area contributed by atoms with Gasteiger partial charge in [-0.15, -0.1) is 11.3 Å². The second kappa shape index (κ2) is 8.79. The molecule has 1 aliphatic carbocycles. The van der Waals surface area contributed by atoms with Crippen LogP contribution in [-0.2, 0) is 16.1 Å². The van der Waals surface area contributed by atoms with E-state index in [0.717, 1.165) is 52.0 Å². The van der Waals surface area contributed by atoms with Crippen LogP contribution in [-0.4, -0.2) is 71.6 Å². The van der Waals surface area contributed by atoms with Crippen LogP contribution in [0, 0.1) is 11.3 Å². The summed E-state index contributed by atoms with van der Waals surface area (Å²) in [5.74, 6) is -0.476.